The van der Waals surface area contributed by atoms with Gasteiger partial charge in [0.25, 0.3) is 0 Å². The van der Waals surface area contributed by atoms with Gasteiger partial charge in [-0.15, -0.1) is 0 Å². The third-order valence-corrected chi connectivity index (χ3v) is 6.13. The highest BCUT2D eigenvalue weighted by atomic mass is 28.2. The van der Waals surface area contributed by atoms with Gasteiger partial charge in [-0.2, -0.15) is 5.26 Å². The second kappa shape index (κ2) is 9.38. The van der Waals surface area contributed by atoms with Gasteiger partial charge in [-0.3, -0.25) is 9.43 Å². The molecule has 29 heavy (non-hydrogen) atoms. The van der Waals surface area contributed by atoms with E-state index < -0.39 is 0 Å². The molecule has 0 spiro atoms. The van der Waals surface area contributed by atoms with Crippen molar-refractivity contribution in [2.75, 3.05) is 14.1 Å². The highest BCUT2D eigenvalue weighted by Crippen LogP contribution is 2.44. The van der Waals surface area contributed by atoms with Crippen LogP contribution in [0, 0.1) is 11.3 Å². The molecular weight excluding hydrogens is 374 g/mol. The van der Waals surface area contributed by atoms with Crippen LogP contribution in [0.4, 0.5) is 0 Å². The lowest BCUT2D eigenvalue weighted by atomic mass is 9.87. The minimum atomic E-state index is -0.0748. The van der Waals surface area contributed by atoms with E-state index >= 15 is 0 Å². The molecule has 1 saturated carbocycles. The Bertz CT molecular complexity index is 928. The third-order valence-electron chi connectivity index (χ3n) is 5.18. The summed E-state index contributed by atoms with van der Waals surface area (Å²) in [6.07, 6.45) is 2.62. The summed E-state index contributed by atoms with van der Waals surface area (Å²) < 4.78 is 4.36. The first-order valence-corrected chi connectivity index (χ1v) is 11.1. The molecule has 3 rings (SSSR count). The standard InChI is InChI=1S/C24H28N3OSi/c1-16(2)21-11-18(14-25)12-22(19-7-8-19)23(21)13-24(28)26-29-20-9-5-17(6-10-20)15-27(3)4/h5-6,9-12,16,19H,7-8,13,15H2,1-4H3. The van der Waals surface area contributed by atoms with E-state index in [-0.39, 0.29) is 21.1 Å². The number of hydrogen-bond acceptors (Lipinski definition) is 3. The van der Waals surface area contributed by atoms with Crippen molar-refractivity contribution in [3.8, 4) is 6.07 Å². The smallest absolute Gasteiger partial charge is 0.241 e. The van der Waals surface area contributed by atoms with Gasteiger partial charge in [0.2, 0.25) is 15.2 Å². The lowest BCUT2D eigenvalue weighted by Crippen LogP contribution is -2.14. The van der Waals surface area contributed by atoms with Crippen molar-refractivity contribution in [2.45, 2.75) is 51.5 Å². The molecule has 0 bridgehead atoms. The molecule has 0 aromatic heterocycles. The van der Waals surface area contributed by atoms with Crippen LogP contribution in [0.3, 0.4) is 0 Å². The van der Waals surface area contributed by atoms with Gasteiger partial charge < -0.3 is 4.90 Å². The summed E-state index contributed by atoms with van der Waals surface area (Å²) in [6, 6.07) is 14.5. The number of amides is 1. The number of nitriles is 1. The molecule has 0 saturated heterocycles. The van der Waals surface area contributed by atoms with Crippen LogP contribution in [0.1, 0.15) is 66.3 Å². The number of carbonyl (C=O) groups is 1. The molecule has 0 heterocycles. The Morgan fingerprint density at radius 2 is 1.93 bits per heavy atom. The summed E-state index contributed by atoms with van der Waals surface area (Å²) in [5, 5.41) is 10.5. The van der Waals surface area contributed by atoms with Crippen LogP contribution in [0.5, 0.6) is 0 Å². The monoisotopic (exact) mass is 402 g/mol. The normalized spacial score (nSPS) is 14.0. The van der Waals surface area contributed by atoms with E-state index in [0.717, 1.165) is 35.7 Å². The fourth-order valence-corrected chi connectivity index (χ4v) is 4.28. The summed E-state index contributed by atoms with van der Waals surface area (Å²) in [4.78, 5) is 14.8. The molecule has 2 aromatic rings. The Hall–Kier alpha value is -2.42. The SMILES string of the molecule is CC(C)c1cc(C#N)cc(C2CC2)c1CC(=O)N=[Si]c1ccc(CN(C)C)cc1. The first kappa shape index (κ1) is 21.3. The van der Waals surface area contributed by atoms with Crippen molar-refractivity contribution in [3.63, 3.8) is 0 Å². The van der Waals surface area contributed by atoms with Crippen LogP contribution >= 0.6 is 0 Å². The van der Waals surface area contributed by atoms with Crippen LogP contribution < -0.4 is 5.19 Å². The number of nitrogens with zero attached hydrogens (tertiary/aromatic N) is 3. The van der Waals surface area contributed by atoms with Crippen molar-refractivity contribution in [1.29, 1.82) is 5.26 Å². The van der Waals surface area contributed by atoms with Gasteiger partial charge in [0.05, 0.1) is 18.1 Å². The van der Waals surface area contributed by atoms with Crippen molar-refractivity contribution in [1.82, 2.24) is 4.90 Å². The molecular formula is C24H28N3OSi. The summed E-state index contributed by atoms with van der Waals surface area (Å²) >= 11 is 0. The van der Waals surface area contributed by atoms with Gasteiger partial charge in [-0.25, -0.2) is 0 Å². The second-order valence-electron chi connectivity index (χ2n) is 8.40. The Labute approximate surface area is 176 Å². The molecule has 1 amide bonds. The lowest BCUT2D eigenvalue weighted by molar-refractivity contribution is -0.117. The Balaban J connectivity index is 1.78. The van der Waals surface area contributed by atoms with Gasteiger partial charge in [0.1, 0.15) is 0 Å². The van der Waals surface area contributed by atoms with Crippen LogP contribution in [0.15, 0.2) is 41.0 Å². The van der Waals surface area contributed by atoms with Crippen LogP contribution in [0.25, 0.3) is 0 Å². The summed E-state index contributed by atoms with van der Waals surface area (Å²) in [5.41, 5.74) is 5.35. The molecule has 1 aliphatic carbocycles. The predicted octanol–water partition coefficient (Wildman–Crippen LogP) is 3.90. The van der Waals surface area contributed by atoms with Crippen molar-refractivity contribution in [2.24, 2.45) is 4.63 Å². The molecule has 5 heteroatoms. The summed E-state index contributed by atoms with van der Waals surface area (Å²) in [7, 11) is 4.23. The quantitative estimate of drug-likeness (QED) is 0.660. The van der Waals surface area contributed by atoms with Crippen molar-refractivity contribution in [3.05, 3.63) is 64.2 Å². The van der Waals surface area contributed by atoms with Crippen LogP contribution in [-0.2, 0) is 17.8 Å². The lowest BCUT2D eigenvalue weighted by Gasteiger charge is -2.17. The van der Waals surface area contributed by atoms with Crippen molar-refractivity contribution < 1.29 is 4.79 Å². The van der Waals surface area contributed by atoms with Gasteiger partial charge >= 0.3 is 0 Å². The second-order valence-corrected chi connectivity index (χ2v) is 9.43. The average molecular weight is 403 g/mol. The van der Waals surface area contributed by atoms with E-state index in [1.54, 1.807) is 0 Å². The molecule has 0 aliphatic heterocycles. The first-order valence-electron chi connectivity index (χ1n) is 10.2. The Morgan fingerprint density at radius 1 is 1.24 bits per heavy atom. The number of hydrogen-bond donors (Lipinski definition) is 0. The van der Waals surface area contributed by atoms with Gasteiger partial charge in [-0.1, -0.05) is 38.1 Å². The molecule has 2 aromatic carbocycles. The number of rotatable bonds is 7. The molecule has 4 nitrogen and oxygen atoms in total. The van der Waals surface area contributed by atoms with Crippen molar-refractivity contribution >= 4 is 20.4 Å². The zero-order valence-corrected chi connectivity index (χ0v) is 18.7. The molecule has 149 valence electrons. The molecule has 1 radical (unpaired) electrons. The molecule has 0 atom stereocenters. The third kappa shape index (κ3) is 5.78. The van der Waals surface area contributed by atoms with Crippen LogP contribution in [-0.4, -0.2) is 34.2 Å². The van der Waals surface area contributed by atoms with Crippen LogP contribution in [0.2, 0.25) is 0 Å². The maximum Gasteiger partial charge on any atom is 0.241 e. The van der Waals surface area contributed by atoms with E-state index in [1.165, 1.54) is 11.1 Å². The van der Waals surface area contributed by atoms with E-state index in [1.807, 2.05) is 26.2 Å². The number of carbonyl (C=O) groups excluding carboxylic acids is 1. The average Bonchev–Trinajstić information content (AvgIpc) is 3.52. The first-order chi connectivity index (χ1) is 13.9. The highest BCUT2D eigenvalue weighted by molar-refractivity contribution is 6.44. The van der Waals surface area contributed by atoms with E-state index in [2.05, 4.69) is 53.7 Å². The zero-order valence-electron chi connectivity index (χ0n) is 17.7. The van der Waals surface area contributed by atoms with E-state index in [0.29, 0.717) is 17.9 Å². The molecule has 0 unspecified atom stereocenters. The van der Waals surface area contributed by atoms with E-state index in [4.69, 9.17) is 0 Å². The Kier molecular flexibility index (Phi) is 6.89. The Morgan fingerprint density at radius 3 is 2.48 bits per heavy atom. The van der Waals surface area contributed by atoms with Gasteiger partial charge in [0.15, 0.2) is 0 Å². The number of benzene rings is 2. The molecule has 0 N–H and O–H groups in total. The van der Waals surface area contributed by atoms with Gasteiger partial charge in [-0.05, 0) is 78.3 Å². The largest absolute Gasteiger partial charge is 0.305 e. The maximum absolute atomic E-state index is 12.7. The molecule has 1 fully saturated rings. The maximum atomic E-state index is 12.7. The molecule has 1 aliphatic rings. The fraction of sp³-hybridized carbons (Fsp3) is 0.417. The topological polar surface area (TPSA) is 56.5 Å². The minimum Gasteiger partial charge on any atom is -0.305 e. The summed E-state index contributed by atoms with van der Waals surface area (Å²) in [6.45, 7) is 5.14. The summed E-state index contributed by atoms with van der Waals surface area (Å²) in [5.74, 6) is 0.694. The highest BCUT2D eigenvalue weighted by Gasteiger charge is 2.29. The van der Waals surface area contributed by atoms with E-state index in [9.17, 15) is 10.1 Å². The minimum absolute atomic E-state index is 0.0748. The van der Waals surface area contributed by atoms with Gasteiger partial charge in [0, 0.05) is 6.54 Å². The predicted molar refractivity (Wildman–Crippen MR) is 118 cm³/mol. The zero-order chi connectivity index (χ0) is 21.0. The fourth-order valence-electron chi connectivity index (χ4n) is 3.63.